The zero-order valence-corrected chi connectivity index (χ0v) is 14.6. The summed E-state index contributed by atoms with van der Waals surface area (Å²) in [7, 11) is -2.83. The molecule has 1 saturated heterocycles. The van der Waals surface area contributed by atoms with Crippen molar-refractivity contribution in [1.29, 1.82) is 0 Å². The molecule has 3 aromatic rings. The summed E-state index contributed by atoms with van der Waals surface area (Å²) in [4.78, 5) is 4.75. The average molecular weight is 342 g/mol. The van der Waals surface area contributed by atoms with Gasteiger partial charge in [-0.3, -0.25) is 4.57 Å². The van der Waals surface area contributed by atoms with Gasteiger partial charge in [0, 0.05) is 18.4 Å². The van der Waals surface area contributed by atoms with Crippen molar-refractivity contribution in [2.24, 2.45) is 0 Å². The Morgan fingerprint density at radius 2 is 1.61 bits per heavy atom. The lowest BCUT2D eigenvalue weighted by Crippen LogP contribution is -2.35. The van der Waals surface area contributed by atoms with Gasteiger partial charge in [-0.25, -0.2) is 9.65 Å². The van der Waals surface area contributed by atoms with Crippen LogP contribution in [0, 0.1) is 0 Å². The van der Waals surface area contributed by atoms with Gasteiger partial charge in [0.15, 0.2) is 4.75 Å². The highest BCUT2D eigenvalue weighted by atomic mass is 32.1. The third kappa shape index (κ3) is 2.65. The highest BCUT2D eigenvalue weighted by Gasteiger charge is 2.38. The average Bonchev–Trinajstić information content (AvgIpc) is 3.07. The van der Waals surface area contributed by atoms with E-state index in [4.69, 9.17) is 4.98 Å². The minimum absolute atomic E-state index is 0.770. The molecule has 2 heterocycles. The monoisotopic (exact) mass is 342 g/mol. The van der Waals surface area contributed by atoms with E-state index in [9.17, 15) is 4.57 Å². The molecule has 4 rings (SSSR count). The van der Waals surface area contributed by atoms with Crippen LogP contribution in [-0.2, 0) is 4.57 Å². The van der Waals surface area contributed by atoms with Gasteiger partial charge >= 0.3 is 0 Å². The van der Waals surface area contributed by atoms with Crippen molar-refractivity contribution in [2.45, 2.75) is 19.3 Å². The van der Waals surface area contributed by atoms with Gasteiger partial charge < -0.3 is 0 Å². The molecule has 0 amide bonds. The molecule has 5 heteroatoms. The fraction of sp³-hybridized carbons (Fsp3) is 0.278. The zero-order chi connectivity index (χ0) is 15.7. The first kappa shape index (κ1) is 15.1. The molecule has 0 spiro atoms. The Balaban J connectivity index is 1.89. The van der Waals surface area contributed by atoms with Crippen molar-refractivity contribution in [1.82, 2.24) is 9.65 Å². The number of hydrogen-bond donors (Lipinski definition) is 0. The maximum absolute atomic E-state index is 14.2. The van der Waals surface area contributed by atoms with E-state index in [1.165, 1.54) is 6.42 Å². The molecule has 1 aromatic heterocycles. The highest BCUT2D eigenvalue weighted by Crippen LogP contribution is 2.50. The lowest BCUT2D eigenvalue weighted by Gasteiger charge is -2.33. The van der Waals surface area contributed by atoms with E-state index in [1.807, 2.05) is 48.5 Å². The molecule has 0 bridgehead atoms. The number of thiazole rings is 1. The Kier molecular flexibility index (Phi) is 4.06. The van der Waals surface area contributed by atoms with Crippen molar-refractivity contribution in [2.75, 3.05) is 13.1 Å². The molecule has 2 aromatic carbocycles. The smallest absolute Gasteiger partial charge is 0.234 e. The van der Waals surface area contributed by atoms with Gasteiger partial charge in [0.1, 0.15) is 0 Å². The van der Waals surface area contributed by atoms with Gasteiger partial charge in [0.05, 0.1) is 10.2 Å². The van der Waals surface area contributed by atoms with E-state index in [2.05, 4.69) is 10.7 Å². The fourth-order valence-corrected chi connectivity index (χ4v) is 7.79. The van der Waals surface area contributed by atoms with Crippen LogP contribution in [0.1, 0.15) is 19.3 Å². The number of hydrogen-bond acceptors (Lipinski definition) is 3. The van der Waals surface area contributed by atoms with Crippen molar-refractivity contribution >= 4 is 38.9 Å². The number of piperidine rings is 1. The first-order valence-corrected chi connectivity index (χ1v) is 10.5. The Hall–Kier alpha value is -1.48. The standard InChI is InChI=1S/C18H19N2OPS/c21-22(15-9-3-1-4-10-15,20-13-7-2-8-14-20)18-19-16-11-5-6-12-17(16)23-18/h1,3-6,9-12H,2,7-8,13-14H2. The Morgan fingerprint density at radius 1 is 0.913 bits per heavy atom. The molecule has 0 N–H and O–H groups in total. The normalized spacial score (nSPS) is 18.8. The largest absolute Gasteiger partial charge is 0.294 e. The number of rotatable bonds is 3. The number of para-hydroxylation sites is 1. The van der Waals surface area contributed by atoms with Crippen LogP contribution in [0.15, 0.2) is 54.6 Å². The first-order chi connectivity index (χ1) is 11.3. The Labute approximate surface area is 140 Å². The van der Waals surface area contributed by atoms with Crippen LogP contribution in [-0.4, -0.2) is 22.7 Å². The van der Waals surface area contributed by atoms with Crippen LogP contribution in [0.3, 0.4) is 0 Å². The van der Waals surface area contributed by atoms with Crippen LogP contribution in [0.5, 0.6) is 0 Å². The first-order valence-electron chi connectivity index (χ1n) is 8.06. The van der Waals surface area contributed by atoms with E-state index >= 15 is 0 Å². The minimum Gasteiger partial charge on any atom is -0.294 e. The van der Waals surface area contributed by atoms with Crippen LogP contribution in [0.2, 0.25) is 0 Å². The lowest BCUT2D eigenvalue weighted by atomic mass is 10.2. The molecule has 23 heavy (non-hydrogen) atoms. The SMILES string of the molecule is O=P(c1ccccc1)(c1nc2ccccc2s1)N1CCCCC1. The number of nitrogens with zero attached hydrogens (tertiary/aromatic N) is 2. The van der Waals surface area contributed by atoms with Crippen LogP contribution in [0.4, 0.5) is 0 Å². The second-order valence-corrected chi connectivity index (χ2v) is 9.88. The predicted octanol–water partition coefficient (Wildman–Crippen LogP) is 4.01. The number of benzene rings is 2. The Bertz CT molecular complexity index is 823. The molecule has 1 aliphatic heterocycles. The van der Waals surface area contributed by atoms with E-state index in [0.717, 1.165) is 46.2 Å². The molecule has 118 valence electrons. The van der Waals surface area contributed by atoms with Crippen molar-refractivity contribution in [3.8, 4) is 0 Å². The summed E-state index contributed by atoms with van der Waals surface area (Å²) in [5.74, 6) is 0. The van der Waals surface area contributed by atoms with Crippen LogP contribution < -0.4 is 10.1 Å². The maximum Gasteiger partial charge on any atom is 0.234 e. The van der Waals surface area contributed by atoms with E-state index in [1.54, 1.807) is 11.3 Å². The summed E-state index contributed by atoms with van der Waals surface area (Å²) < 4.78 is 18.3. The third-order valence-electron chi connectivity index (χ3n) is 4.38. The molecule has 1 unspecified atom stereocenters. The number of aromatic nitrogens is 1. The highest BCUT2D eigenvalue weighted by molar-refractivity contribution is 7.81. The summed E-state index contributed by atoms with van der Waals surface area (Å²) in [6, 6.07) is 17.9. The molecule has 0 aliphatic carbocycles. The molecule has 1 atom stereocenters. The summed E-state index contributed by atoms with van der Waals surface area (Å²) in [5, 5.41) is 0.904. The van der Waals surface area contributed by atoms with Crippen LogP contribution in [0.25, 0.3) is 10.2 Å². The van der Waals surface area contributed by atoms with Crippen molar-refractivity contribution in [3.63, 3.8) is 0 Å². The fourth-order valence-electron chi connectivity index (χ4n) is 3.17. The summed E-state index contributed by atoms with van der Waals surface area (Å²) in [5.41, 5.74) is 0.945. The second-order valence-electron chi connectivity index (χ2n) is 5.89. The van der Waals surface area contributed by atoms with Gasteiger partial charge in [-0.15, -0.1) is 11.3 Å². The van der Waals surface area contributed by atoms with Gasteiger partial charge in [-0.2, -0.15) is 0 Å². The van der Waals surface area contributed by atoms with Crippen LogP contribution >= 0.6 is 18.6 Å². The molecular formula is C18H19N2OPS. The van der Waals surface area contributed by atoms with E-state index in [0.29, 0.717) is 0 Å². The summed E-state index contributed by atoms with van der Waals surface area (Å²) in [6.07, 6.45) is 3.45. The quantitative estimate of drug-likeness (QED) is 0.674. The number of fused-ring (bicyclic) bond motifs is 1. The van der Waals surface area contributed by atoms with Gasteiger partial charge in [0.2, 0.25) is 7.29 Å². The second kappa shape index (κ2) is 6.20. The Morgan fingerprint density at radius 3 is 2.35 bits per heavy atom. The van der Waals surface area contributed by atoms with Gasteiger partial charge in [-0.05, 0) is 37.1 Å². The summed E-state index contributed by atoms with van der Waals surface area (Å²) in [6.45, 7) is 1.78. The van der Waals surface area contributed by atoms with Crippen molar-refractivity contribution < 1.29 is 4.57 Å². The summed E-state index contributed by atoms with van der Waals surface area (Å²) >= 11 is 1.58. The predicted molar refractivity (Wildman–Crippen MR) is 98.4 cm³/mol. The van der Waals surface area contributed by atoms with Gasteiger partial charge in [0.25, 0.3) is 0 Å². The molecule has 0 saturated carbocycles. The zero-order valence-electron chi connectivity index (χ0n) is 12.9. The molecule has 1 aliphatic rings. The van der Waals surface area contributed by atoms with E-state index < -0.39 is 7.29 Å². The lowest BCUT2D eigenvalue weighted by molar-refractivity contribution is 0.352. The third-order valence-corrected chi connectivity index (χ3v) is 9.05. The molecule has 3 nitrogen and oxygen atoms in total. The van der Waals surface area contributed by atoms with E-state index in [-0.39, 0.29) is 0 Å². The molecule has 1 fully saturated rings. The maximum atomic E-state index is 14.2. The van der Waals surface area contributed by atoms with Crippen molar-refractivity contribution in [3.05, 3.63) is 54.6 Å². The van der Waals surface area contributed by atoms with Gasteiger partial charge in [-0.1, -0.05) is 36.8 Å². The topological polar surface area (TPSA) is 33.2 Å². The molecular weight excluding hydrogens is 323 g/mol. The molecule has 0 radical (unpaired) electrons. The minimum atomic E-state index is -2.83.